The number of para-hydroxylation sites is 3. The summed E-state index contributed by atoms with van der Waals surface area (Å²) < 4.78 is 98.9. The van der Waals surface area contributed by atoms with E-state index in [-0.39, 0.29) is 38.9 Å². The van der Waals surface area contributed by atoms with E-state index in [2.05, 4.69) is 48.8 Å². The first kappa shape index (κ1) is 27.0. The normalized spacial score (nSPS) is 14.0. The summed E-state index contributed by atoms with van der Waals surface area (Å²) in [5, 5.41) is 12.3. The second-order valence-electron chi connectivity index (χ2n) is 15.4. The van der Waals surface area contributed by atoms with Gasteiger partial charge >= 0.3 is 0 Å². The molecule has 4 heterocycles. The van der Waals surface area contributed by atoms with E-state index in [4.69, 9.17) is 23.4 Å². The van der Waals surface area contributed by atoms with Gasteiger partial charge in [0.25, 0.3) is 6.33 Å². The van der Waals surface area contributed by atoms with Gasteiger partial charge in [0, 0.05) is 34.9 Å². The molecule has 0 aliphatic heterocycles. The van der Waals surface area contributed by atoms with Crippen LogP contribution in [0.3, 0.4) is 0 Å². The number of benzene rings is 6. The van der Waals surface area contributed by atoms with Gasteiger partial charge in [-0.1, -0.05) is 124 Å². The lowest BCUT2D eigenvalue weighted by Gasteiger charge is -2.20. The molecular formula is C53H40N6O. The maximum absolute atomic E-state index is 10.4. The highest BCUT2D eigenvalue weighted by atomic mass is 16.5. The molecule has 0 saturated heterocycles. The predicted octanol–water partition coefficient (Wildman–Crippen LogP) is 12.2. The SMILES string of the molecule is [2H]c1c([2H])c([2H])c(-c2cccc(-c3c([2H])c([2H])c([2H])c([2H])c3[2H])c2-[n+]2[c-]n(-c3cc(C#N)cc(Oc4ccc5c6cnc(C)cc6n(-c6cc(C(C)(C)C)ccn6)c5c4)c3)c3ccccc32)c([2H])c1[2H]. The molecule has 0 spiro atoms. The molecule has 288 valence electrons. The Morgan fingerprint density at radius 2 is 1.43 bits per heavy atom. The second kappa shape index (κ2) is 14.5. The quantitative estimate of drug-likeness (QED) is 0.119. The highest BCUT2D eigenvalue weighted by Crippen LogP contribution is 2.38. The smallest absolute Gasteiger partial charge is 0.269 e. The van der Waals surface area contributed by atoms with Crippen molar-refractivity contribution in [2.24, 2.45) is 0 Å². The molecule has 0 fully saturated rings. The van der Waals surface area contributed by atoms with E-state index in [1.54, 1.807) is 63.7 Å². The highest BCUT2D eigenvalue weighted by Gasteiger charge is 2.22. The third-order valence-corrected chi connectivity index (χ3v) is 10.5. The van der Waals surface area contributed by atoms with Crippen molar-refractivity contribution in [2.75, 3.05) is 0 Å². The zero-order chi connectivity index (χ0) is 49.7. The number of pyridine rings is 2. The number of nitrogens with zero attached hydrogens (tertiary/aromatic N) is 6. The van der Waals surface area contributed by atoms with Gasteiger partial charge in [0.2, 0.25) is 0 Å². The van der Waals surface area contributed by atoms with Gasteiger partial charge in [-0.25, -0.2) is 4.98 Å². The fourth-order valence-corrected chi connectivity index (χ4v) is 7.66. The van der Waals surface area contributed by atoms with E-state index in [0.717, 1.165) is 38.9 Å². The van der Waals surface area contributed by atoms with Crippen LogP contribution in [0.25, 0.3) is 72.3 Å². The molecule has 0 saturated carbocycles. The molecule has 6 aromatic carbocycles. The maximum atomic E-state index is 10.4. The molecule has 0 aliphatic rings. The van der Waals surface area contributed by atoms with Crippen molar-refractivity contribution >= 4 is 32.8 Å². The van der Waals surface area contributed by atoms with Crippen molar-refractivity contribution in [2.45, 2.75) is 33.1 Å². The number of ether oxygens (including phenoxy) is 1. The molecule has 0 aliphatic carbocycles. The van der Waals surface area contributed by atoms with Crippen molar-refractivity contribution in [3.8, 4) is 57.0 Å². The monoisotopic (exact) mass is 786 g/mol. The first-order chi connectivity index (χ1) is 33.4. The fourth-order valence-electron chi connectivity index (χ4n) is 7.66. The van der Waals surface area contributed by atoms with Gasteiger partial charge in [0.05, 0.1) is 58.8 Å². The average molecular weight is 787 g/mol. The Morgan fingerprint density at radius 1 is 0.717 bits per heavy atom. The summed E-state index contributed by atoms with van der Waals surface area (Å²) in [5.41, 5.74) is 5.31. The van der Waals surface area contributed by atoms with Gasteiger partial charge in [-0.3, -0.25) is 18.7 Å². The predicted molar refractivity (Wildman–Crippen MR) is 239 cm³/mol. The lowest BCUT2D eigenvalue weighted by molar-refractivity contribution is -0.571. The zero-order valence-electron chi connectivity index (χ0n) is 43.0. The zero-order valence-corrected chi connectivity index (χ0v) is 33.0. The Hall–Kier alpha value is -7.82. The molecule has 0 radical (unpaired) electrons. The molecule has 4 aromatic heterocycles. The third-order valence-electron chi connectivity index (χ3n) is 10.5. The maximum Gasteiger partial charge on any atom is 0.269 e. The number of aromatic nitrogens is 5. The van der Waals surface area contributed by atoms with Crippen LogP contribution < -0.4 is 9.30 Å². The summed E-state index contributed by atoms with van der Waals surface area (Å²) >= 11 is 0. The van der Waals surface area contributed by atoms with Crippen LogP contribution >= 0.6 is 0 Å². The van der Waals surface area contributed by atoms with Crippen molar-refractivity contribution in [3.05, 3.63) is 193 Å². The van der Waals surface area contributed by atoms with Gasteiger partial charge < -0.3 is 4.74 Å². The van der Waals surface area contributed by atoms with Gasteiger partial charge in [-0.15, -0.1) is 0 Å². The van der Waals surface area contributed by atoms with E-state index in [1.807, 2.05) is 55.7 Å². The molecule has 60 heavy (non-hydrogen) atoms. The van der Waals surface area contributed by atoms with Gasteiger partial charge in [-0.05, 0) is 88.7 Å². The van der Waals surface area contributed by atoms with E-state index < -0.39 is 60.4 Å². The Morgan fingerprint density at radius 3 is 2.15 bits per heavy atom. The minimum atomic E-state index is -0.592. The van der Waals surface area contributed by atoms with Crippen LogP contribution in [-0.4, -0.2) is 19.1 Å². The summed E-state index contributed by atoms with van der Waals surface area (Å²) in [6, 6.07) is 25.5. The van der Waals surface area contributed by atoms with Crippen LogP contribution in [0.1, 0.15) is 51.3 Å². The summed E-state index contributed by atoms with van der Waals surface area (Å²) in [7, 11) is 0. The van der Waals surface area contributed by atoms with Crippen LogP contribution in [-0.2, 0) is 5.41 Å². The molecule has 10 rings (SSSR count). The minimum Gasteiger partial charge on any atom is -0.458 e. The summed E-state index contributed by atoms with van der Waals surface area (Å²) in [6.07, 6.45) is 7.05. The largest absolute Gasteiger partial charge is 0.458 e. The number of fused-ring (bicyclic) bond motifs is 4. The van der Waals surface area contributed by atoms with Crippen LogP contribution in [0.2, 0.25) is 0 Å². The molecule has 7 heteroatoms. The van der Waals surface area contributed by atoms with E-state index in [1.165, 1.54) is 0 Å². The first-order valence-corrected chi connectivity index (χ1v) is 19.2. The number of hydrogen-bond acceptors (Lipinski definition) is 4. The topological polar surface area (TPSA) is 72.5 Å². The number of aryl methyl sites for hydroxylation is 1. The molecule has 0 amide bonds. The van der Waals surface area contributed by atoms with Crippen molar-refractivity contribution < 1.29 is 23.0 Å². The summed E-state index contributed by atoms with van der Waals surface area (Å²) in [6.45, 7) is 8.41. The average Bonchev–Trinajstić information content (AvgIpc) is 3.89. The Labute approximate surface area is 362 Å². The number of nitriles is 1. The summed E-state index contributed by atoms with van der Waals surface area (Å²) in [4.78, 5) is 9.42. The van der Waals surface area contributed by atoms with Crippen LogP contribution in [0.15, 0.2) is 170 Å². The highest BCUT2D eigenvalue weighted by molar-refractivity contribution is 6.09. The van der Waals surface area contributed by atoms with E-state index in [9.17, 15) is 5.26 Å². The van der Waals surface area contributed by atoms with E-state index in [0.29, 0.717) is 28.2 Å². The number of imidazole rings is 1. The van der Waals surface area contributed by atoms with Crippen molar-refractivity contribution in [1.82, 2.24) is 19.1 Å². The lowest BCUT2D eigenvalue weighted by atomic mass is 9.88. The number of rotatable bonds is 7. The second-order valence-corrected chi connectivity index (χ2v) is 15.4. The molecule has 0 unspecified atom stereocenters. The molecular weight excluding hydrogens is 737 g/mol. The van der Waals surface area contributed by atoms with Crippen molar-refractivity contribution in [3.63, 3.8) is 0 Å². The van der Waals surface area contributed by atoms with Gasteiger partial charge in [-0.2, -0.15) is 5.26 Å². The molecule has 0 bridgehead atoms. The Bertz CT molecular complexity index is 3760. The minimum absolute atomic E-state index is 0.111. The molecule has 0 atom stereocenters. The fraction of sp³-hybridized carbons (Fsp3) is 0.0943. The Balaban J connectivity index is 1.18. The van der Waals surface area contributed by atoms with Crippen molar-refractivity contribution in [1.29, 1.82) is 5.26 Å². The summed E-state index contributed by atoms with van der Waals surface area (Å²) in [5.74, 6) is 1.52. The molecule has 10 aromatic rings. The van der Waals surface area contributed by atoms with Gasteiger partial charge in [0.1, 0.15) is 17.3 Å². The third kappa shape index (κ3) is 6.45. The lowest BCUT2D eigenvalue weighted by Crippen LogP contribution is -2.31. The van der Waals surface area contributed by atoms with E-state index >= 15 is 0 Å². The molecule has 0 N–H and O–H groups in total. The van der Waals surface area contributed by atoms with Crippen LogP contribution in [0.5, 0.6) is 11.5 Å². The Kier molecular flexibility index (Phi) is 6.53. The van der Waals surface area contributed by atoms with Crippen LogP contribution in [0, 0.1) is 24.6 Å². The van der Waals surface area contributed by atoms with Crippen LogP contribution in [0.4, 0.5) is 0 Å². The first-order valence-electron chi connectivity index (χ1n) is 24.2. The molecule has 7 nitrogen and oxygen atoms in total. The number of hydrogen-bond donors (Lipinski definition) is 0. The standard InChI is InChI=1S/C53H40N6O/c1-35-26-49-46(33-56-35)45-23-22-41(31-50(45)59(49)51-29-39(24-25-55-51)53(2,3)4)60-42-28-36(32-54)27-40(30-42)57-34-58(48-21-12-11-20-47(48)57)52-43(37-14-7-5-8-15-37)18-13-19-44(52)38-16-9-6-10-17-38/h5-31,33H,1-4H3/i5D,6D,7D,8D,9D,10D,14D,15D,16D,17D. The van der Waals surface area contributed by atoms with Gasteiger partial charge in [0.15, 0.2) is 0 Å².